The number of nitrogens with zero attached hydrogens (tertiary/aromatic N) is 3. The van der Waals surface area contributed by atoms with E-state index in [0.717, 1.165) is 11.3 Å². The molecule has 1 aromatic heterocycles. The summed E-state index contributed by atoms with van der Waals surface area (Å²) in [5, 5.41) is 3.23. The highest BCUT2D eigenvalue weighted by Gasteiger charge is 2.42. The summed E-state index contributed by atoms with van der Waals surface area (Å²) in [5.74, 6) is -0.678. The van der Waals surface area contributed by atoms with Gasteiger partial charge in [0.2, 0.25) is 11.8 Å². The van der Waals surface area contributed by atoms with E-state index in [1.165, 1.54) is 16.2 Å². The van der Waals surface area contributed by atoms with E-state index in [0.29, 0.717) is 29.3 Å². The lowest BCUT2D eigenvalue weighted by Crippen LogP contribution is -2.47. The van der Waals surface area contributed by atoms with Gasteiger partial charge in [0.05, 0.1) is 11.3 Å². The van der Waals surface area contributed by atoms with Crippen LogP contribution in [-0.4, -0.2) is 46.7 Å². The average Bonchev–Trinajstić information content (AvgIpc) is 3.26. The first-order chi connectivity index (χ1) is 12.5. The standard InChI is InChI=1S/C18H18N4O3S/c1-11-9-19-18(26-11)20-15(23)10-22-13-6-3-2-5-12(13)16(24)21-8-4-7-14(21)17(22)25/h2-3,5-6,9,14H,4,7-8,10H2,1H3,(H,19,20,23). The molecule has 0 spiro atoms. The van der Waals surface area contributed by atoms with Crippen molar-refractivity contribution >= 4 is 39.9 Å². The van der Waals surface area contributed by atoms with Crippen LogP contribution in [-0.2, 0) is 9.59 Å². The maximum atomic E-state index is 13.1. The van der Waals surface area contributed by atoms with Crippen molar-refractivity contribution in [3.63, 3.8) is 0 Å². The Morgan fingerprint density at radius 1 is 1.35 bits per heavy atom. The minimum atomic E-state index is -0.496. The van der Waals surface area contributed by atoms with Crippen LogP contribution in [0.2, 0.25) is 0 Å². The minimum absolute atomic E-state index is 0.144. The number of nitrogens with one attached hydrogen (secondary N) is 1. The quantitative estimate of drug-likeness (QED) is 0.896. The smallest absolute Gasteiger partial charge is 0.256 e. The molecule has 8 heteroatoms. The van der Waals surface area contributed by atoms with Crippen molar-refractivity contribution in [1.29, 1.82) is 0 Å². The molecule has 0 bridgehead atoms. The third-order valence-corrected chi connectivity index (χ3v) is 5.49. The van der Waals surface area contributed by atoms with Gasteiger partial charge in [-0.2, -0.15) is 0 Å². The largest absolute Gasteiger partial charge is 0.327 e. The van der Waals surface area contributed by atoms with Crippen LogP contribution in [0, 0.1) is 6.92 Å². The van der Waals surface area contributed by atoms with E-state index in [9.17, 15) is 14.4 Å². The average molecular weight is 370 g/mol. The van der Waals surface area contributed by atoms with Gasteiger partial charge in [0, 0.05) is 17.6 Å². The van der Waals surface area contributed by atoms with Crippen LogP contribution in [0.4, 0.5) is 10.8 Å². The molecular formula is C18H18N4O3S. The molecule has 0 aliphatic carbocycles. The van der Waals surface area contributed by atoms with E-state index in [2.05, 4.69) is 10.3 Å². The van der Waals surface area contributed by atoms with Gasteiger partial charge in [-0.3, -0.25) is 14.4 Å². The molecule has 1 aromatic carbocycles. The summed E-state index contributed by atoms with van der Waals surface area (Å²) in [6, 6.07) is 6.47. The summed E-state index contributed by atoms with van der Waals surface area (Å²) < 4.78 is 0. The summed E-state index contributed by atoms with van der Waals surface area (Å²) in [7, 11) is 0. The Balaban J connectivity index is 1.64. The lowest BCUT2D eigenvalue weighted by atomic mass is 10.1. The van der Waals surface area contributed by atoms with Gasteiger partial charge in [0.25, 0.3) is 5.91 Å². The summed E-state index contributed by atoms with van der Waals surface area (Å²) in [6.45, 7) is 2.33. The van der Waals surface area contributed by atoms with Gasteiger partial charge in [0.15, 0.2) is 5.13 Å². The summed E-state index contributed by atoms with van der Waals surface area (Å²) >= 11 is 1.38. The van der Waals surface area contributed by atoms with Crippen molar-refractivity contribution in [2.75, 3.05) is 23.3 Å². The zero-order valence-electron chi connectivity index (χ0n) is 14.3. The fourth-order valence-corrected chi connectivity index (χ4v) is 4.17. The fourth-order valence-electron chi connectivity index (χ4n) is 3.49. The second-order valence-corrected chi connectivity index (χ2v) is 7.66. The van der Waals surface area contributed by atoms with Crippen LogP contribution >= 0.6 is 11.3 Å². The molecule has 2 aromatic rings. The van der Waals surface area contributed by atoms with E-state index in [1.54, 1.807) is 35.4 Å². The molecule has 1 N–H and O–H groups in total. The Labute approximate surface area is 154 Å². The van der Waals surface area contributed by atoms with Crippen LogP contribution in [0.5, 0.6) is 0 Å². The third-order valence-electron chi connectivity index (χ3n) is 4.66. The van der Waals surface area contributed by atoms with Crippen molar-refractivity contribution in [3.8, 4) is 0 Å². The second-order valence-electron chi connectivity index (χ2n) is 6.42. The Hall–Kier alpha value is -2.74. The number of fused-ring (bicyclic) bond motifs is 2. The molecule has 26 heavy (non-hydrogen) atoms. The molecule has 7 nitrogen and oxygen atoms in total. The van der Waals surface area contributed by atoms with Gasteiger partial charge in [-0.15, -0.1) is 11.3 Å². The number of carbonyl (C=O) groups is 3. The molecule has 0 saturated carbocycles. The predicted octanol–water partition coefficient (Wildman–Crippen LogP) is 2.04. The maximum absolute atomic E-state index is 13.1. The number of hydrogen-bond donors (Lipinski definition) is 1. The van der Waals surface area contributed by atoms with E-state index in [-0.39, 0.29) is 24.3 Å². The molecule has 3 amide bonds. The van der Waals surface area contributed by atoms with Gasteiger partial charge in [-0.1, -0.05) is 12.1 Å². The zero-order chi connectivity index (χ0) is 18.3. The minimum Gasteiger partial charge on any atom is -0.327 e. The van der Waals surface area contributed by atoms with E-state index < -0.39 is 6.04 Å². The lowest BCUT2D eigenvalue weighted by molar-refractivity contribution is -0.124. The molecule has 1 saturated heterocycles. The summed E-state index contributed by atoms with van der Waals surface area (Å²) in [4.78, 5) is 46.6. The second kappa shape index (κ2) is 6.53. The van der Waals surface area contributed by atoms with Crippen LogP contribution < -0.4 is 10.2 Å². The first-order valence-corrected chi connectivity index (χ1v) is 9.30. The number of benzene rings is 1. The molecule has 2 aliphatic heterocycles. The molecule has 2 aliphatic rings. The molecule has 1 unspecified atom stereocenters. The van der Waals surface area contributed by atoms with E-state index in [1.807, 2.05) is 6.92 Å². The zero-order valence-corrected chi connectivity index (χ0v) is 15.1. The number of para-hydroxylation sites is 1. The summed E-state index contributed by atoms with van der Waals surface area (Å²) in [6.07, 6.45) is 3.10. The van der Waals surface area contributed by atoms with Crippen molar-refractivity contribution in [2.45, 2.75) is 25.8 Å². The van der Waals surface area contributed by atoms with Crippen LogP contribution in [0.1, 0.15) is 28.1 Å². The highest BCUT2D eigenvalue weighted by atomic mass is 32.1. The van der Waals surface area contributed by atoms with Crippen molar-refractivity contribution in [2.24, 2.45) is 0 Å². The number of hydrogen-bond acceptors (Lipinski definition) is 5. The van der Waals surface area contributed by atoms with Crippen LogP contribution in [0.3, 0.4) is 0 Å². The van der Waals surface area contributed by atoms with E-state index in [4.69, 9.17) is 0 Å². The maximum Gasteiger partial charge on any atom is 0.256 e. The normalized spacial score (nSPS) is 19.2. The Kier molecular flexibility index (Phi) is 4.20. The SMILES string of the molecule is Cc1cnc(NC(=O)CN2C(=O)C3CCCN3C(=O)c3ccccc32)s1. The predicted molar refractivity (Wildman–Crippen MR) is 98.3 cm³/mol. The highest BCUT2D eigenvalue weighted by molar-refractivity contribution is 7.15. The number of rotatable bonds is 3. The van der Waals surface area contributed by atoms with Gasteiger partial charge >= 0.3 is 0 Å². The molecule has 3 heterocycles. The molecular weight excluding hydrogens is 352 g/mol. The number of thiazole rings is 1. The van der Waals surface area contributed by atoms with Crippen molar-refractivity contribution in [1.82, 2.24) is 9.88 Å². The highest BCUT2D eigenvalue weighted by Crippen LogP contribution is 2.32. The Morgan fingerprint density at radius 2 is 2.15 bits per heavy atom. The van der Waals surface area contributed by atoms with Gasteiger partial charge < -0.3 is 15.1 Å². The van der Waals surface area contributed by atoms with Gasteiger partial charge in [-0.25, -0.2) is 4.98 Å². The topological polar surface area (TPSA) is 82.6 Å². The summed E-state index contributed by atoms with van der Waals surface area (Å²) in [5.41, 5.74) is 0.950. The first-order valence-electron chi connectivity index (χ1n) is 8.48. The lowest BCUT2D eigenvalue weighted by Gasteiger charge is -2.25. The number of anilines is 2. The van der Waals surface area contributed by atoms with Crippen molar-refractivity contribution in [3.05, 3.63) is 40.9 Å². The molecule has 4 rings (SSSR count). The first kappa shape index (κ1) is 16.7. The monoisotopic (exact) mass is 370 g/mol. The van der Waals surface area contributed by atoms with Crippen LogP contribution in [0.25, 0.3) is 0 Å². The van der Waals surface area contributed by atoms with Gasteiger partial charge in [0.1, 0.15) is 12.6 Å². The number of amides is 3. The van der Waals surface area contributed by atoms with E-state index >= 15 is 0 Å². The molecule has 0 radical (unpaired) electrons. The number of aryl methyl sites for hydroxylation is 1. The fraction of sp³-hybridized carbons (Fsp3) is 0.333. The van der Waals surface area contributed by atoms with Crippen molar-refractivity contribution < 1.29 is 14.4 Å². The molecule has 134 valence electrons. The molecule has 1 fully saturated rings. The Morgan fingerprint density at radius 3 is 2.92 bits per heavy atom. The van der Waals surface area contributed by atoms with Gasteiger partial charge in [-0.05, 0) is 31.9 Å². The Bertz CT molecular complexity index is 894. The number of aromatic nitrogens is 1. The van der Waals surface area contributed by atoms with Crippen LogP contribution in [0.15, 0.2) is 30.5 Å². The third kappa shape index (κ3) is 2.86. The molecule has 1 atom stereocenters. The number of carbonyl (C=O) groups excluding carboxylic acids is 3.